The van der Waals surface area contributed by atoms with Crippen molar-refractivity contribution in [2.45, 2.75) is 6.92 Å². The highest BCUT2D eigenvalue weighted by Gasteiger charge is 2.18. The van der Waals surface area contributed by atoms with Crippen LogP contribution in [0.3, 0.4) is 0 Å². The van der Waals surface area contributed by atoms with Gasteiger partial charge in [0.15, 0.2) is 10.8 Å². The number of nitrogens with zero attached hydrogens (tertiary/aromatic N) is 4. The molecular weight excluding hydrogens is 434 g/mol. The number of carbonyl (C=O) groups is 1. The number of fused-ring (bicyclic) bond motifs is 1. The van der Waals surface area contributed by atoms with E-state index in [9.17, 15) is 4.79 Å². The highest BCUT2D eigenvalue weighted by atomic mass is 32.1. The van der Waals surface area contributed by atoms with Crippen LogP contribution in [0.2, 0.25) is 0 Å². The summed E-state index contributed by atoms with van der Waals surface area (Å²) in [5.41, 5.74) is 5.38. The van der Waals surface area contributed by atoms with Crippen molar-refractivity contribution < 1.29 is 9.53 Å². The molecule has 0 bridgehead atoms. The van der Waals surface area contributed by atoms with E-state index in [1.54, 1.807) is 31.9 Å². The number of ether oxygens (including phenoxy) is 1. The molecule has 0 aliphatic carbocycles. The first-order valence-corrected chi connectivity index (χ1v) is 11.0. The number of pyridine rings is 3. The van der Waals surface area contributed by atoms with Crippen molar-refractivity contribution in [2.75, 3.05) is 12.4 Å². The molecule has 0 atom stereocenters. The third-order valence-corrected chi connectivity index (χ3v) is 6.07. The maximum absolute atomic E-state index is 13.2. The Kier molecular flexibility index (Phi) is 5.50. The van der Waals surface area contributed by atoms with E-state index in [0.717, 1.165) is 32.6 Å². The number of amides is 1. The molecular formula is C25H19N5O2S. The number of carbonyl (C=O) groups excluding carboxylic acids is 1. The molecule has 0 radical (unpaired) electrons. The molecule has 0 spiro atoms. The minimum atomic E-state index is -0.295. The Bertz CT molecular complexity index is 1470. The van der Waals surface area contributed by atoms with Gasteiger partial charge in [-0.05, 0) is 42.8 Å². The van der Waals surface area contributed by atoms with E-state index in [0.29, 0.717) is 22.1 Å². The van der Waals surface area contributed by atoms with Crippen molar-refractivity contribution in [1.29, 1.82) is 0 Å². The standard InChI is InChI=1S/C25H19N5O2S/c1-15-11-19(18-5-3-4-6-21(18)32-2)20(14-27-15)24(31)30-25-29-23-22(33-25)12-17(13-28-23)16-7-9-26-10-8-16/h3-14H,1-2H3,(H,28,29,30,31). The van der Waals surface area contributed by atoms with Crippen molar-refractivity contribution in [2.24, 2.45) is 0 Å². The largest absolute Gasteiger partial charge is 0.496 e. The molecule has 4 heterocycles. The highest BCUT2D eigenvalue weighted by Crippen LogP contribution is 2.34. The van der Waals surface area contributed by atoms with Gasteiger partial charge in [-0.15, -0.1) is 0 Å². The smallest absolute Gasteiger partial charge is 0.259 e. The Morgan fingerprint density at radius 1 is 0.970 bits per heavy atom. The monoisotopic (exact) mass is 453 g/mol. The van der Waals surface area contributed by atoms with Gasteiger partial charge in [-0.3, -0.25) is 20.1 Å². The lowest BCUT2D eigenvalue weighted by molar-refractivity contribution is 0.102. The topological polar surface area (TPSA) is 89.9 Å². The third-order valence-electron chi connectivity index (χ3n) is 5.16. The number of hydrogen-bond donors (Lipinski definition) is 1. The molecule has 162 valence electrons. The maximum atomic E-state index is 13.2. The predicted octanol–water partition coefficient (Wildman–Crippen LogP) is 5.38. The van der Waals surface area contributed by atoms with Gasteiger partial charge in [0.05, 0.1) is 17.4 Å². The Morgan fingerprint density at radius 3 is 2.61 bits per heavy atom. The highest BCUT2D eigenvalue weighted by molar-refractivity contribution is 7.22. The van der Waals surface area contributed by atoms with Crippen molar-refractivity contribution in [1.82, 2.24) is 19.9 Å². The Hall–Kier alpha value is -4.17. The molecule has 0 aliphatic rings. The first-order chi connectivity index (χ1) is 16.1. The number of nitrogens with one attached hydrogen (secondary N) is 1. The number of benzene rings is 1. The maximum Gasteiger partial charge on any atom is 0.259 e. The summed E-state index contributed by atoms with van der Waals surface area (Å²) >= 11 is 1.38. The number of rotatable bonds is 5. The van der Waals surface area contributed by atoms with Crippen molar-refractivity contribution >= 4 is 32.7 Å². The van der Waals surface area contributed by atoms with E-state index >= 15 is 0 Å². The lowest BCUT2D eigenvalue weighted by Crippen LogP contribution is -2.14. The first kappa shape index (κ1) is 20.7. The molecule has 7 nitrogen and oxygen atoms in total. The molecule has 0 fully saturated rings. The molecule has 1 aromatic carbocycles. The van der Waals surface area contributed by atoms with Crippen molar-refractivity contribution in [3.8, 4) is 28.0 Å². The molecule has 4 aromatic heterocycles. The predicted molar refractivity (Wildman–Crippen MR) is 130 cm³/mol. The van der Waals surface area contributed by atoms with Crippen LogP contribution < -0.4 is 10.1 Å². The van der Waals surface area contributed by atoms with Crippen LogP contribution in [0.4, 0.5) is 5.13 Å². The van der Waals surface area contributed by atoms with E-state index < -0.39 is 0 Å². The SMILES string of the molecule is COc1ccccc1-c1cc(C)ncc1C(=O)Nc1nc2ncc(-c3ccncc3)cc2s1. The average molecular weight is 454 g/mol. The van der Waals surface area contributed by atoms with Crippen LogP contribution in [-0.4, -0.2) is 33.0 Å². The van der Waals surface area contributed by atoms with Gasteiger partial charge in [-0.2, -0.15) is 4.98 Å². The summed E-state index contributed by atoms with van der Waals surface area (Å²) in [6.07, 6.45) is 6.84. The van der Waals surface area contributed by atoms with Crippen molar-refractivity contribution in [3.05, 3.63) is 84.6 Å². The minimum Gasteiger partial charge on any atom is -0.496 e. The molecule has 5 aromatic rings. The number of anilines is 1. The molecule has 1 amide bonds. The molecule has 8 heteroatoms. The summed E-state index contributed by atoms with van der Waals surface area (Å²) in [7, 11) is 1.61. The van der Waals surface area contributed by atoms with Crippen LogP contribution in [0.15, 0.2) is 73.3 Å². The lowest BCUT2D eigenvalue weighted by atomic mass is 9.99. The zero-order valence-electron chi connectivity index (χ0n) is 17.9. The molecule has 0 aliphatic heterocycles. The van der Waals surface area contributed by atoms with Crippen LogP contribution >= 0.6 is 11.3 Å². The molecule has 5 rings (SSSR count). The Balaban J connectivity index is 1.48. The van der Waals surface area contributed by atoms with E-state index in [1.165, 1.54) is 11.3 Å². The Morgan fingerprint density at radius 2 is 1.79 bits per heavy atom. The van der Waals surface area contributed by atoms with Gasteiger partial charge < -0.3 is 4.74 Å². The fraction of sp³-hybridized carbons (Fsp3) is 0.0800. The first-order valence-electron chi connectivity index (χ1n) is 10.2. The van der Waals surface area contributed by atoms with Gasteiger partial charge in [0, 0.05) is 47.2 Å². The van der Waals surface area contributed by atoms with Crippen molar-refractivity contribution in [3.63, 3.8) is 0 Å². The summed E-state index contributed by atoms with van der Waals surface area (Å²) in [4.78, 5) is 30.6. The Labute approximate surface area is 194 Å². The van der Waals surface area contributed by atoms with E-state index in [4.69, 9.17) is 4.74 Å². The summed E-state index contributed by atoms with van der Waals surface area (Å²) in [5.74, 6) is 0.391. The van der Waals surface area contributed by atoms with Crippen LogP contribution in [0, 0.1) is 6.92 Å². The number of thiazole rings is 1. The number of aryl methyl sites for hydroxylation is 1. The minimum absolute atomic E-state index is 0.295. The molecule has 0 unspecified atom stereocenters. The molecule has 33 heavy (non-hydrogen) atoms. The molecule has 0 saturated carbocycles. The summed E-state index contributed by atoms with van der Waals surface area (Å²) in [6, 6.07) is 15.3. The van der Waals surface area contributed by atoms with Gasteiger partial charge >= 0.3 is 0 Å². The molecule has 1 N–H and O–H groups in total. The second-order valence-corrected chi connectivity index (χ2v) is 8.36. The van der Waals surface area contributed by atoms with E-state index in [1.807, 2.05) is 55.5 Å². The van der Waals surface area contributed by atoms with Gasteiger partial charge in [-0.25, -0.2) is 4.98 Å². The second kappa shape index (κ2) is 8.76. The van der Waals surface area contributed by atoms with Gasteiger partial charge in [0.2, 0.25) is 0 Å². The fourth-order valence-electron chi connectivity index (χ4n) is 3.57. The van der Waals surface area contributed by atoms with Gasteiger partial charge in [0.1, 0.15) is 5.75 Å². The van der Waals surface area contributed by atoms with E-state index in [2.05, 4.69) is 25.3 Å². The van der Waals surface area contributed by atoms with Crippen LogP contribution in [-0.2, 0) is 0 Å². The average Bonchev–Trinajstić information content (AvgIpc) is 3.25. The fourth-order valence-corrected chi connectivity index (χ4v) is 4.43. The number of hydrogen-bond acceptors (Lipinski definition) is 7. The van der Waals surface area contributed by atoms with Gasteiger partial charge in [-0.1, -0.05) is 29.5 Å². The zero-order valence-corrected chi connectivity index (χ0v) is 18.8. The number of para-hydroxylation sites is 1. The zero-order chi connectivity index (χ0) is 22.8. The normalized spacial score (nSPS) is 10.8. The summed E-state index contributed by atoms with van der Waals surface area (Å²) in [6.45, 7) is 1.89. The van der Waals surface area contributed by atoms with E-state index in [-0.39, 0.29) is 5.91 Å². The number of aromatic nitrogens is 4. The van der Waals surface area contributed by atoms with Crippen LogP contribution in [0.5, 0.6) is 5.75 Å². The van der Waals surface area contributed by atoms with Crippen LogP contribution in [0.25, 0.3) is 32.6 Å². The third kappa shape index (κ3) is 4.16. The van der Waals surface area contributed by atoms with Crippen LogP contribution in [0.1, 0.15) is 16.1 Å². The second-order valence-electron chi connectivity index (χ2n) is 7.33. The lowest BCUT2D eigenvalue weighted by Gasteiger charge is -2.13. The summed E-state index contributed by atoms with van der Waals surface area (Å²) in [5, 5.41) is 3.38. The molecule has 0 saturated heterocycles. The number of methoxy groups -OCH3 is 1. The van der Waals surface area contributed by atoms with Gasteiger partial charge in [0.25, 0.3) is 5.91 Å². The summed E-state index contributed by atoms with van der Waals surface area (Å²) < 4.78 is 6.39. The quantitative estimate of drug-likeness (QED) is 0.384.